The van der Waals surface area contributed by atoms with Gasteiger partial charge in [-0.05, 0) is 60.2 Å². The molecule has 0 radical (unpaired) electrons. The van der Waals surface area contributed by atoms with Crippen molar-refractivity contribution in [2.75, 3.05) is 5.32 Å². The number of anilines is 1. The molecule has 2 aromatic rings. The molecule has 1 heterocycles. The Kier molecular flexibility index (Phi) is 4.04. The van der Waals surface area contributed by atoms with Gasteiger partial charge >= 0.3 is 0 Å². The summed E-state index contributed by atoms with van der Waals surface area (Å²) in [5.41, 5.74) is 2.14. The van der Waals surface area contributed by atoms with Crippen LogP contribution < -0.4 is 5.32 Å². The fraction of sp³-hybridized carbons (Fsp3) is 0.231. The van der Waals surface area contributed by atoms with Crippen molar-refractivity contribution in [1.29, 1.82) is 0 Å². The van der Waals surface area contributed by atoms with E-state index in [2.05, 4.69) is 25.2 Å². The SMILES string of the molecule is Cc1cc(CNc2cccc(F)c2I)c(C)s1. The van der Waals surface area contributed by atoms with Crippen LogP contribution in [0.25, 0.3) is 0 Å². The Balaban J connectivity index is 2.12. The van der Waals surface area contributed by atoms with Gasteiger partial charge in [0, 0.05) is 16.3 Å². The first kappa shape index (κ1) is 12.8. The van der Waals surface area contributed by atoms with E-state index in [0.29, 0.717) is 3.57 Å². The molecule has 0 amide bonds. The number of rotatable bonds is 3. The molecule has 90 valence electrons. The summed E-state index contributed by atoms with van der Waals surface area (Å²) in [7, 11) is 0. The third-order valence-electron chi connectivity index (χ3n) is 2.56. The second-order valence-electron chi connectivity index (χ2n) is 3.89. The smallest absolute Gasteiger partial charge is 0.138 e. The van der Waals surface area contributed by atoms with Gasteiger partial charge in [0.05, 0.1) is 9.26 Å². The Morgan fingerprint density at radius 3 is 2.76 bits per heavy atom. The molecule has 17 heavy (non-hydrogen) atoms. The Bertz CT molecular complexity index is 536. The summed E-state index contributed by atoms with van der Waals surface area (Å²) < 4.78 is 14.0. The number of nitrogens with one attached hydrogen (secondary N) is 1. The maximum atomic E-state index is 13.3. The van der Waals surface area contributed by atoms with Crippen LogP contribution in [0, 0.1) is 23.2 Å². The van der Waals surface area contributed by atoms with Gasteiger partial charge in [-0.2, -0.15) is 0 Å². The average Bonchev–Trinajstić information content (AvgIpc) is 2.60. The summed E-state index contributed by atoms with van der Waals surface area (Å²) in [5.74, 6) is -0.172. The van der Waals surface area contributed by atoms with E-state index in [1.807, 2.05) is 28.7 Å². The van der Waals surface area contributed by atoms with Gasteiger partial charge < -0.3 is 5.32 Å². The van der Waals surface area contributed by atoms with Crippen molar-refractivity contribution in [3.8, 4) is 0 Å². The van der Waals surface area contributed by atoms with Gasteiger partial charge in [-0.15, -0.1) is 11.3 Å². The largest absolute Gasteiger partial charge is 0.380 e. The molecule has 1 aromatic heterocycles. The number of halogens is 2. The third-order valence-corrected chi connectivity index (χ3v) is 4.67. The maximum Gasteiger partial charge on any atom is 0.138 e. The predicted octanol–water partition coefficient (Wildman–Crippen LogP) is 4.72. The number of aryl methyl sites for hydroxylation is 2. The highest BCUT2D eigenvalue weighted by Gasteiger charge is 2.06. The second kappa shape index (κ2) is 5.35. The summed E-state index contributed by atoms with van der Waals surface area (Å²) in [6.07, 6.45) is 0. The minimum absolute atomic E-state index is 0.172. The maximum absolute atomic E-state index is 13.3. The lowest BCUT2D eigenvalue weighted by Crippen LogP contribution is -2.02. The van der Waals surface area contributed by atoms with Gasteiger partial charge in [0.2, 0.25) is 0 Å². The number of benzene rings is 1. The van der Waals surface area contributed by atoms with Crippen LogP contribution in [0.5, 0.6) is 0 Å². The summed E-state index contributed by atoms with van der Waals surface area (Å²) in [6.45, 7) is 4.97. The molecule has 0 unspecified atom stereocenters. The zero-order valence-electron chi connectivity index (χ0n) is 9.68. The summed E-state index contributed by atoms with van der Waals surface area (Å²) in [5, 5.41) is 3.28. The predicted molar refractivity (Wildman–Crippen MR) is 80.2 cm³/mol. The number of thiophene rings is 1. The van der Waals surface area contributed by atoms with E-state index in [0.717, 1.165) is 12.2 Å². The van der Waals surface area contributed by atoms with Gasteiger partial charge in [0.15, 0.2) is 0 Å². The van der Waals surface area contributed by atoms with Crippen LogP contribution in [-0.4, -0.2) is 0 Å². The topological polar surface area (TPSA) is 12.0 Å². The zero-order valence-corrected chi connectivity index (χ0v) is 12.7. The van der Waals surface area contributed by atoms with Crippen LogP contribution in [0.4, 0.5) is 10.1 Å². The number of hydrogen-bond acceptors (Lipinski definition) is 2. The Morgan fingerprint density at radius 1 is 1.35 bits per heavy atom. The zero-order chi connectivity index (χ0) is 12.4. The highest BCUT2D eigenvalue weighted by atomic mass is 127. The van der Waals surface area contributed by atoms with Crippen molar-refractivity contribution in [3.63, 3.8) is 0 Å². The first-order chi connectivity index (χ1) is 8.08. The van der Waals surface area contributed by atoms with Gasteiger partial charge in [-0.3, -0.25) is 0 Å². The van der Waals surface area contributed by atoms with Crippen LogP contribution in [-0.2, 0) is 6.54 Å². The third kappa shape index (κ3) is 2.98. The van der Waals surface area contributed by atoms with Crippen molar-refractivity contribution in [2.45, 2.75) is 20.4 Å². The molecular weight excluding hydrogens is 348 g/mol. The molecule has 2 rings (SSSR count). The van der Waals surface area contributed by atoms with Crippen molar-refractivity contribution in [3.05, 3.63) is 49.0 Å². The van der Waals surface area contributed by atoms with E-state index in [4.69, 9.17) is 0 Å². The molecule has 0 bridgehead atoms. The highest BCUT2D eigenvalue weighted by molar-refractivity contribution is 14.1. The molecule has 4 heteroatoms. The van der Waals surface area contributed by atoms with Crippen LogP contribution in [0.3, 0.4) is 0 Å². The molecule has 0 aliphatic rings. The lowest BCUT2D eigenvalue weighted by molar-refractivity contribution is 0.621. The van der Waals surface area contributed by atoms with Gasteiger partial charge in [0.25, 0.3) is 0 Å². The normalized spacial score (nSPS) is 10.6. The van der Waals surface area contributed by atoms with Crippen LogP contribution in [0.15, 0.2) is 24.3 Å². The monoisotopic (exact) mass is 361 g/mol. The fourth-order valence-corrected chi connectivity index (χ4v) is 3.19. The lowest BCUT2D eigenvalue weighted by atomic mass is 10.2. The minimum atomic E-state index is -0.172. The van der Waals surface area contributed by atoms with E-state index in [-0.39, 0.29) is 5.82 Å². The summed E-state index contributed by atoms with van der Waals surface area (Å²) >= 11 is 3.82. The van der Waals surface area contributed by atoms with Crippen molar-refractivity contribution in [1.82, 2.24) is 0 Å². The lowest BCUT2D eigenvalue weighted by Gasteiger charge is -2.08. The summed E-state index contributed by atoms with van der Waals surface area (Å²) in [6, 6.07) is 7.29. The van der Waals surface area contributed by atoms with E-state index < -0.39 is 0 Å². The van der Waals surface area contributed by atoms with Crippen LogP contribution in [0.1, 0.15) is 15.3 Å². The van der Waals surface area contributed by atoms with Crippen molar-refractivity contribution in [2.24, 2.45) is 0 Å². The Morgan fingerprint density at radius 2 is 2.12 bits per heavy atom. The molecule has 0 fully saturated rings. The van der Waals surface area contributed by atoms with Gasteiger partial charge in [-0.1, -0.05) is 6.07 Å². The van der Waals surface area contributed by atoms with Crippen molar-refractivity contribution < 1.29 is 4.39 Å². The summed E-state index contributed by atoms with van der Waals surface area (Å²) in [4.78, 5) is 2.63. The molecule has 1 N–H and O–H groups in total. The van der Waals surface area contributed by atoms with Crippen molar-refractivity contribution >= 4 is 39.6 Å². The molecule has 0 atom stereocenters. The van der Waals surface area contributed by atoms with Crippen LogP contribution >= 0.6 is 33.9 Å². The Hall–Kier alpha value is -0.620. The second-order valence-corrected chi connectivity index (χ2v) is 6.43. The molecule has 1 nitrogen and oxygen atoms in total. The first-order valence-electron chi connectivity index (χ1n) is 5.31. The van der Waals surface area contributed by atoms with E-state index in [9.17, 15) is 4.39 Å². The molecular formula is C13H13FINS. The molecule has 1 aromatic carbocycles. The first-order valence-corrected chi connectivity index (χ1v) is 7.21. The Labute approximate surface area is 118 Å². The number of hydrogen-bond donors (Lipinski definition) is 1. The minimum Gasteiger partial charge on any atom is -0.380 e. The molecule has 0 saturated carbocycles. The average molecular weight is 361 g/mol. The van der Waals surface area contributed by atoms with E-state index >= 15 is 0 Å². The fourth-order valence-electron chi connectivity index (χ4n) is 1.69. The van der Waals surface area contributed by atoms with Crippen LogP contribution in [0.2, 0.25) is 0 Å². The van der Waals surface area contributed by atoms with E-state index in [1.54, 1.807) is 17.4 Å². The standard InChI is InChI=1S/C13H13FINS/c1-8-6-10(9(2)17-8)7-16-12-5-3-4-11(14)13(12)15/h3-6,16H,7H2,1-2H3. The molecule has 0 spiro atoms. The van der Waals surface area contributed by atoms with E-state index in [1.165, 1.54) is 21.4 Å². The van der Waals surface area contributed by atoms with Gasteiger partial charge in [0.1, 0.15) is 5.82 Å². The molecule has 0 saturated heterocycles. The van der Waals surface area contributed by atoms with Gasteiger partial charge in [-0.25, -0.2) is 4.39 Å². The molecule has 0 aliphatic heterocycles. The quantitative estimate of drug-likeness (QED) is 0.780. The highest BCUT2D eigenvalue weighted by Crippen LogP contribution is 2.24. The molecule has 0 aliphatic carbocycles.